The van der Waals surface area contributed by atoms with Crippen LogP contribution in [-0.2, 0) is 0 Å². The highest BCUT2D eigenvalue weighted by Crippen LogP contribution is 2.44. The van der Waals surface area contributed by atoms with E-state index in [0.29, 0.717) is 30.6 Å². The number of hydrogen-bond donors (Lipinski definition) is 0. The van der Waals surface area contributed by atoms with Gasteiger partial charge in [-0.3, -0.25) is 9.13 Å². The summed E-state index contributed by atoms with van der Waals surface area (Å²) in [7, 11) is 0. The van der Waals surface area contributed by atoms with Crippen molar-refractivity contribution in [2.24, 2.45) is 0 Å². The molecule has 2 aliphatic rings. The fourth-order valence-electron chi connectivity index (χ4n) is 11.7. The molecular formula is C65H43N7. The molecule has 2 aliphatic carbocycles. The Balaban J connectivity index is 1.08. The van der Waals surface area contributed by atoms with Gasteiger partial charge in [0.15, 0.2) is 0 Å². The second kappa shape index (κ2) is 16.0. The number of allylic oxidation sites excluding steroid dienone is 8. The minimum atomic E-state index is -0.118. The second-order valence-electron chi connectivity index (χ2n) is 18.8. The van der Waals surface area contributed by atoms with Gasteiger partial charge in [-0.05, 0) is 66.1 Å². The van der Waals surface area contributed by atoms with E-state index < -0.39 is 0 Å². The highest BCUT2D eigenvalue weighted by atomic mass is 15.3. The number of nitrogens with zero attached hydrogens (tertiary/aromatic N) is 7. The summed E-state index contributed by atoms with van der Waals surface area (Å²) in [6.07, 6.45) is 15.6. The summed E-state index contributed by atoms with van der Waals surface area (Å²) < 4.78 is 9.47. The number of rotatable bonds is 6. The Bertz CT molecular complexity index is 4600. The van der Waals surface area contributed by atoms with Crippen LogP contribution >= 0.6 is 0 Å². The van der Waals surface area contributed by atoms with Crippen LogP contribution in [0.25, 0.3) is 116 Å². The average Bonchev–Trinajstić information content (AvgIpc) is 4.17. The van der Waals surface area contributed by atoms with Crippen LogP contribution < -0.4 is 0 Å². The minimum Gasteiger partial charge on any atom is -0.307 e. The summed E-state index contributed by atoms with van der Waals surface area (Å²) in [5.41, 5.74) is 13.2. The largest absolute Gasteiger partial charge is 0.307 e. The first-order valence-corrected chi connectivity index (χ1v) is 24.8. The molecule has 5 aromatic heterocycles. The van der Waals surface area contributed by atoms with Crippen LogP contribution in [0.4, 0.5) is 0 Å². The molecule has 72 heavy (non-hydrogen) atoms. The maximum atomic E-state index is 5.77. The van der Waals surface area contributed by atoms with E-state index in [2.05, 4.69) is 249 Å². The van der Waals surface area contributed by atoms with E-state index in [9.17, 15) is 0 Å². The number of aromatic nitrogens is 7. The molecule has 0 bridgehead atoms. The van der Waals surface area contributed by atoms with Crippen LogP contribution in [0, 0.1) is 11.8 Å². The lowest BCUT2D eigenvalue weighted by molar-refractivity contribution is 0.735. The lowest BCUT2D eigenvalue weighted by atomic mass is 9.92. The third-order valence-corrected chi connectivity index (χ3v) is 14.8. The Morgan fingerprint density at radius 3 is 1.39 bits per heavy atom. The zero-order valence-electron chi connectivity index (χ0n) is 39.1. The van der Waals surface area contributed by atoms with Crippen LogP contribution in [0.1, 0.15) is 36.6 Å². The lowest BCUT2D eigenvalue weighted by Gasteiger charge is -2.19. The predicted molar refractivity (Wildman–Crippen MR) is 297 cm³/mol. The van der Waals surface area contributed by atoms with Gasteiger partial charge in [-0.1, -0.05) is 182 Å². The molecule has 0 amide bonds. The highest BCUT2D eigenvalue weighted by molar-refractivity contribution is 6.25. The average molecular weight is 922 g/mol. The van der Waals surface area contributed by atoms with Gasteiger partial charge in [0, 0.05) is 73.2 Å². The van der Waals surface area contributed by atoms with Crippen molar-refractivity contribution in [1.82, 2.24) is 33.2 Å². The zero-order valence-corrected chi connectivity index (χ0v) is 39.1. The standard InChI is InChI=1S/C65H43N7/c1-2-8-22-45(23-9-3-1)69-55-30-16-12-26-47(55)51-38-40-53-49-28-14-18-32-57(49)71(61(53)59(51)69)64-66-63(44-36-34-43(35-37-44)42-20-6-4-7-21-42)67-65(68-64)72-58-33-19-15-29-50(58)54-41-39-52-48-27-13-17-31-56(48)70(60(52)62(54)72)46-24-10-5-11-25-46/h4-8,10-36,38-41,44H,2,9,37H2/b22-8-,45-23+. The van der Waals surface area contributed by atoms with Gasteiger partial charge in [-0.15, -0.1) is 0 Å². The van der Waals surface area contributed by atoms with Gasteiger partial charge in [-0.25, -0.2) is 0 Å². The van der Waals surface area contributed by atoms with E-state index in [1.807, 2.05) is 0 Å². The molecule has 338 valence electrons. The van der Waals surface area contributed by atoms with E-state index in [1.165, 1.54) is 21.9 Å². The summed E-state index contributed by atoms with van der Waals surface area (Å²) in [6.45, 7) is 0. The third kappa shape index (κ3) is 6.03. The van der Waals surface area contributed by atoms with Gasteiger partial charge >= 0.3 is 0 Å². The Morgan fingerprint density at radius 2 is 0.847 bits per heavy atom. The first-order chi connectivity index (χ1) is 35.8. The Morgan fingerprint density at radius 1 is 0.389 bits per heavy atom. The van der Waals surface area contributed by atoms with Crippen molar-refractivity contribution in [2.75, 3.05) is 0 Å². The quantitative estimate of drug-likeness (QED) is 0.156. The van der Waals surface area contributed by atoms with Gasteiger partial charge in [0.2, 0.25) is 11.9 Å². The van der Waals surface area contributed by atoms with Crippen LogP contribution in [0.3, 0.4) is 0 Å². The number of benzene rings is 8. The fraction of sp³-hybridized carbons (Fsp3) is 0.0615. The topological polar surface area (TPSA) is 58.4 Å². The van der Waals surface area contributed by atoms with Crippen LogP contribution in [0.15, 0.2) is 218 Å². The molecule has 1 unspecified atom stereocenters. The molecule has 8 aromatic carbocycles. The molecule has 0 saturated carbocycles. The molecule has 5 heterocycles. The van der Waals surface area contributed by atoms with Crippen molar-refractivity contribution in [3.63, 3.8) is 0 Å². The van der Waals surface area contributed by atoms with Gasteiger partial charge in [0.1, 0.15) is 5.82 Å². The zero-order chi connectivity index (χ0) is 47.3. The van der Waals surface area contributed by atoms with E-state index in [0.717, 1.165) is 94.3 Å². The van der Waals surface area contributed by atoms with Crippen LogP contribution in [0.5, 0.6) is 0 Å². The SMILES string of the molecule is C1#CC/C=C(n2c3ccccc3c3ccc4c5ccccc5n(-c5nc(C6C=CC(c7ccccc7)=CC6)nc(-n6c7ccccc7c7ccc8c9ccccc9n(-c9ccccc9)c8c76)n5)c4c32)\C=C/C1. The number of para-hydroxylation sites is 5. The summed E-state index contributed by atoms with van der Waals surface area (Å²) in [4.78, 5) is 17.1. The number of hydrogen-bond acceptors (Lipinski definition) is 3. The molecule has 0 saturated heterocycles. The minimum absolute atomic E-state index is 0.118. The molecule has 7 heteroatoms. The molecule has 0 radical (unpaired) electrons. The first-order valence-electron chi connectivity index (χ1n) is 24.8. The van der Waals surface area contributed by atoms with Gasteiger partial charge < -0.3 is 9.13 Å². The lowest BCUT2D eigenvalue weighted by Crippen LogP contribution is -2.15. The maximum absolute atomic E-state index is 5.77. The Hall–Kier alpha value is -9.51. The Kier molecular flexibility index (Phi) is 8.99. The molecule has 0 N–H and O–H groups in total. The van der Waals surface area contributed by atoms with Crippen LogP contribution in [-0.4, -0.2) is 33.2 Å². The van der Waals surface area contributed by atoms with Gasteiger partial charge in [-0.2, -0.15) is 15.0 Å². The van der Waals surface area contributed by atoms with Crippen LogP contribution in [0.2, 0.25) is 0 Å². The normalized spacial score (nSPS) is 16.1. The predicted octanol–water partition coefficient (Wildman–Crippen LogP) is 15.6. The van der Waals surface area contributed by atoms with Gasteiger partial charge in [0.25, 0.3) is 0 Å². The molecule has 0 spiro atoms. The van der Waals surface area contributed by atoms with E-state index in [1.54, 1.807) is 0 Å². The summed E-state index contributed by atoms with van der Waals surface area (Å²) in [6, 6.07) is 65.3. The third-order valence-electron chi connectivity index (χ3n) is 14.8. The summed E-state index contributed by atoms with van der Waals surface area (Å²) >= 11 is 0. The fourth-order valence-corrected chi connectivity index (χ4v) is 11.7. The first kappa shape index (κ1) is 40.4. The van der Waals surface area contributed by atoms with Crippen molar-refractivity contribution in [1.29, 1.82) is 0 Å². The van der Waals surface area contributed by atoms with E-state index >= 15 is 0 Å². The number of fused-ring (bicyclic) bond motifs is 14. The summed E-state index contributed by atoms with van der Waals surface area (Å²) in [5.74, 6) is 8.36. The van der Waals surface area contributed by atoms with Crippen molar-refractivity contribution in [3.05, 3.63) is 230 Å². The van der Waals surface area contributed by atoms with Crippen molar-refractivity contribution >= 4 is 98.5 Å². The monoisotopic (exact) mass is 921 g/mol. The molecule has 0 aliphatic heterocycles. The van der Waals surface area contributed by atoms with E-state index in [4.69, 9.17) is 15.0 Å². The molecule has 7 nitrogen and oxygen atoms in total. The maximum Gasteiger partial charge on any atom is 0.239 e. The highest BCUT2D eigenvalue weighted by Gasteiger charge is 2.28. The van der Waals surface area contributed by atoms with Crippen molar-refractivity contribution in [3.8, 4) is 29.4 Å². The smallest absolute Gasteiger partial charge is 0.239 e. The van der Waals surface area contributed by atoms with Gasteiger partial charge in [0.05, 0.1) is 44.1 Å². The molecule has 0 fully saturated rings. The molecular weight excluding hydrogens is 879 g/mol. The van der Waals surface area contributed by atoms with Crippen molar-refractivity contribution in [2.45, 2.75) is 25.2 Å². The second-order valence-corrected chi connectivity index (χ2v) is 18.8. The molecule has 13 aromatic rings. The summed E-state index contributed by atoms with van der Waals surface area (Å²) in [5, 5.41) is 9.20. The Labute approximate surface area is 414 Å². The van der Waals surface area contributed by atoms with E-state index in [-0.39, 0.29) is 5.92 Å². The molecule has 1 atom stereocenters. The van der Waals surface area contributed by atoms with Crippen molar-refractivity contribution < 1.29 is 0 Å². The molecule has 15 rings (SSSR count).